The second kappa shape index (κ2) is 4.50. The predicted octanol–water partition coefficient (Wildman–Crippen LogP) is 0.549. The van der Waals surface area contributed by atoms with Crippen LogP contribution in [0.4, 0.5) is 0 Å². The van der Waals surface area contributed by atoms with Crippen LogP contribution in [0.2, 0.25) is 0 Å². The molecule has 1 aliphatic heterocycles. The monoisotopic (exact) mass is 250 g/mol. The van der Waals surface area contributed by atoms with Gasteiger partial charge in [-0.3, -0.25) is 19.9 Å². The molecule has 4 nitrogen and oxygen atoms in total. The fourth-order valence-corrected chi connectivity index (χ4v) is 2.51. The summed E-state index contributed by atoms with van der Waals surface area (Å²) in [7, 11) is 5.92. The fraction of sp³-hybridized carbons (Fsp3) is 0.214. The van der Waals surface area contributed by atoms with Gasteiger partial charge in [0.1, 0.15) is 7.85 Å². The maximum atomic E-state index is 11.9. The Labute approximate surface area is 111 Å². The van der Waals surface area contributed by atoms with E-state index in [0.29, 0.717) is 18.3 Å². The maximum absolute atomic E-state index is 11.9. The van der Waals surface area contributed by atoms with Gasteiger partial charge in [0.15, 0.2) is 0 Å². The van der Waals surface area contributed by atoms with Crippen molar-refractivity contribution in [3.63, 3.8) is 0 Å². The third-order valence-electron chi connectivity index (χ3n) is 3.48. The maximum Gasteiger partial charge on any atom is 0.234 e. The zero-order chi connectivity index (χ0) is 13.4. The van der Waals surface area contributed by atoms with Crippen LogP contribution in [-0.2, 0) is 9.59 Å². The molecule has 2 heterocycles. The molecule has 2 radical (unpaired) electrons. The standard InChI is InChI=1S/C14H11BN2O2/c15-12-3-1-2-8-10(6-16-7-11(8)12)9-4-5-13(18)17-14(9)19/h1-3,6-7,9H,4-5H2,(H,17,18,19). The zero-order valence-electron chi connectivity index (χ0n) is 10.2. The molecule has 1 fully saturated rings. The highest BCUT2D eigenvalue weighted by Crippen LogP contribution is 2.29. The van der Waals surface area contributed by atoms with Crippen LogP contribution in [0, 0.1) is 0 Å². The van der Waals surface area contributed by atoms with Crippen molar-refractivity contribution >= 4 is 35.9 Å². The molecule has 0 bridgehead atoms. The number of nitrogens with zero attached hydrogens (tertiary/aromatic N) is 1. The molecule has 1 aliphatic rings. The highest BCUT2D eigenvalue weighted by atomic mass is 16.2. The smallest absolute Gasteiger partial charge is 0.234 e. The van der Waals surface area contributed by atoms with Crippen LogP contribution >= 0.6 is 0 Å². The van der Waals surface area contributed by atoms with E-state index in [1.807, 2.05) is 12.1 Å². The highest BCUT2D eigenvalue weighted by Gasteiger charge is 2.29. The van der Waals surface area contributed by atoms with Gasteiger partial charge in [-0.1, -0.05) is 23.7 Å². The van der Waals surface area contributed by atoms with Crippen LogP contribution in [0.5, 0.6) is 0 Å². The van der Waals surface area contributed by atoms with Crippen LogP contribution in [0.1, 0.15) is 24.3 Å². The number of carbonyl (C=O) groups is 2. The van der Waals surface area contributed by atoms with Gasteiger partial charge in [0, 0.05) is 18.8 Å². The molecule has 1 atom stereocenters. The van der Waals surface area contributed by atoms with Gasteiger partial charge in [-0.15, -0.1) is 0 Å². The van der Waals surface area contributed by atoms with Crippen LogP contribution in [0.15, 0.2) is 30.6 Å². The van der Waals surface area contributed by atoms with Crippen molar-refractivity contribution < 1.29 is 9.59 Å². The number of hydrogen-bond acceptors (Lipinski definition) is 3. The van der Waals surface area contributed by atoms with E-state index in [-0.39, 0.29) is 17.7 Å². The Morgan fingerprint density at radius 2 is 2.05 bits per heavy atom. The first-order valence-corrected chi connectivity index (χ1v) is 6.12. The van der Waals surface area contributed by atoms with Crippen molar-refractivity contribution in [2.24, 2.45) is 0 Å². The van der Waals surface area contributed by atoms with Gasteiger partial charge in [0.25, 0.3) is 0 Å². The molecule has 2 amide bonds. The molecule has 1 saturated heterocycles. The molecule has 3 rings (SSSR count). The molecule has 0 saturated carbocycles. The number of rotatable bonds is 1. The van der Waals surface area contributed by atoms with Gasteiger partial charge < -0.3 is 0 Å². The van der Waals surface area contributed by atoms with Crippen LogP contribution in [0.25, 0.3) is 10.8 Å². The summed E-state index contributed by atoms with van der Waals surface area (Å²) in [5.41, 5.74) is 1.47. The van der Waals surface area contributed by atoms with Crippen molar-refractivity contribution in [3.05, 3.63) is 36.2 Å². The number of pyridine rings is 1. The van der Waals surface area contributed by atoms with Crippen LogP contribution in [-0.4, -0.2) is 24.6 Å². The predicted molar refractivity (Wildman–Crippen MR) is 72.3 cm³/mol. The van der Waals surface area contributed by atoms with E-state index < -0.39 is 0 Å². The summed E-state index contributed by atoms with van der Waals surface area (Å²) >= 11 is 0. The molecular weight excluding hydrogens is 239 g/mol. The van der Waals surface area contributed by atoms with Crippen molar-refractivity contribution in [2.45, 2.75) is 18.8 Å². The topological polar surface area (TPSA) is 59.1 Å². The van der Waals surface area contributed by atoms with Crippen LogP contribution in [0.3, 0.4) is 0 Å². The molecular formula is C14H11BN2O2. The molecule has 1 N–H and O–H groups in total. The lowest BCUT2D eigenvalue weighted by Crippen LogP contribution is -2.39. The Morgan fingerprint density at radius 3 is 2.84 bits per heavy atom. The number of amides is 2. The molecule has 19 heavy (non-hydrogen) atoms. The number of aromatic nitrogens is 1. The van der Waals surface area contributed by atoms with E-state index in [1.165, 1.54) is 0 Å². The average Bonchev–Trinajstić information content (AvgIpc) is 2.39. The molecule has 0 aliphatic carbocycles. The number of piperidine rings is 1. The second-order valence-corrected chi connectivity index (χ2v) is 4.67. The molecule has 1 aromatic heterocycles. The Kier molecular flexibility index (Phi) is 2.82. The van der Waals surface area contributed by atoms with E-state index in [9.17, 15) is 9.59 Å². The van der Waals surface area contributed by atoms with Crippen LogP contribution < -0.4 is 10.8 Å². The summed E-state index contributed by atoms with van der Waals surface area (Å²) in [6, 6.07) is 5.58. The van der Waals surface area contributed by atoms with Gasteiger partial charge in [0.05, 0.1) is 5.92 Å². The molecule has 1 unspecified atom stereocenters. The minimum atomic E-state index is -0.337. The molecule has 1 aromatic carbocycles. The van der Waals surface area contributed by atoms with E-state index in [0.717, 1.165) is 16.3 Å². The van der Waals surface area contributed by atoms with E-state index in [4.69, 9.17) is 7.85 Å². The summed E-state index contributed by atoms with van der Waals surface area (Å²) in [5.74, 6) is -0.808. The van der Waals surface area contributed by atoms with Crippen molar-refractivity contribution in [2.75, 3.05) is 0 Å². The van der Waals surface area contributed by atoms with Crippen molar-refractivity contribution in [3.8, 4) is 0 Å². The van der Waals surface area contributed by atoms with Gasteiger partial charge in [-0.25, -0.2) is 0 Å². The Balaban J connectivity index is 2.13. The number of hydrogen-bond donors (Lipinski definition) is 1. The van der Waals surface area contributed by atoms with E-state index in [2.05, 4.69) is 10.3 Å². The molecule has 0 spiro atoms. The average molecular weight is 250 g/mol. The minimum absolute atomic E-state index is 0.214. The lowest BCUT2D eigenvalue weighted by Gasteiger charge is -2.22. The molecule has 92 valence electrons. The second-order valence-electron chi connectivity index (χ2n) is 4.67. The summed E-state index contributed by atoms with van der Waals surface area (Å²) in [5, 5.41) is 4.13. The van der Waals surface area contributed by atoms with Gasteiger partial charge in [0.2, 0.25) is 11.8 Å². The number of nitrogens with one attached hydrogen (secondary N) is 1. The minimum Gasteiger partial charge on any atom is -0.296 e. The zero-order valence-corrected chi connectivity index (χ0v) is 10.2. The summed E-state index contributed by atoms with van der Waals surface area (Å²) in [6.45, 7) is 0. The highest BCUT2D eigenvalue weighted by molar-refractivity contribution is 6.38. The fourth-order valence-electron chi connectivity index (χ4n) is 2.51. The third kappa shape index (κ3) is 2.01. The number of carbonyl (C=O) groups excluding carboxylic acids is 2. The SMILES string of the molecule is [B]c1cccc2c(C3CCC(=O)NC3=O)cncc12. The van der Waals surface area contributed by atoms with Crippen molar-refractivity contribution in [1.29, 1.82) is 0 Å². The Hall–Kier alpha value is -2.17. The molecule has 2 aromatic rings. The normalized spacial score (nSPS) is 19.5. The third-order valence-corrected chi connectivity index (χ3v) is 3.48. The number of imide groups is 1. The quantitative estimate of drug-likeness (QED) is 0.593. The van der Waals surface area contributed by atoms with Gasteiger partial charge >= 0.3 is 0 Å². The largest absolute Gasteiger partial charge is 0.296 e. The summed E-state index contributed by atoms with van der Waals surface area (Å²) < 4.78 is 0. The first-order chi connectivity index (χ1) is 9.16. The van der Waals surface area contributed by atoms with E-state index in [1.54, 1.807) is 18.5 Å². The Morgan fingerprint density at radius 1 is 1.21 bits per heavy atom. The summed E-state index contributed by atoms with van der Waals surface area (Å²) in [6.07, 6.45) is 4.25. The lowest BCUT2D eigenvalue weighted by atomic mass is 9.85. The first-order valence-electron chi connectivity index (χ1n) is 6.12. The molecule has 5 heteroatoms. The summed E-state index contributed by atoms with van der Waals surface area (Å²) in [4.78, 5) is 27.3. The number of benzene rings is 1. The lowest BCUT2D eigenvalue weighted by molar-refractivity contribution is -0.134. The van der Waals surface area contributed by atoms with Crippen molar-refractivity contribution in [1.82, 2.24) is 10.3 Å². The van der Waals surface area contributed by atoms with Gasteiger partial charge in [-0.2, -0.15) is 0 Å². The Bertz CT molecular complexity index is 684. The van der Waals surface area contributed by atoms with E-state index >= 15 is 0 Å². The number of fused-ring (bicyclic) bond motifs is 1. The van der Waals surface area contributed by atoms with Gasteiger partial charge in [-0.05, 0) is 22.8 Å². The first kappa shape index (κ1) is 11.9.